The van der Waals surface area contributed by atoms with Gasteiger partial charge in [0, 0.05) is 19.6 Å². The summed E-state index contributed by atoms with van der Waals surface area (Å²) in [5.41, 5.74) is 0.903. The number of nitrogens with one attached hydrogen (secondary N) is 1. The zero-order valence-electron chi connectivity index (χ0n) is 15.0. The molecule has 1 fully saturated rings. The lowest BCUT2D eigenvalue weighted by molar-refractivity contribution is 0.106. The molecule has 1 aromatic carbocycles. The summed E-state index contributed by atoms with van der Waals surface area (Å²) < 4.78 is 6.68. The van der Waals surface area contributed by atoms with E-state index >= 15 is 0 Å². The molecule has 26 heavy (non-hydrogen) atoms. The van der Waals surface area contributed by atoms with Crippen molar-refractivity contribution in [3.63, 3.8) is 0 Å². The average molecular weight is 372 g/mol. The van der Waals surface area contributed by atoms with Gasteiger partial charge in [-0.3, -0.25) is 10.2 Å². The largest absolute Gasteiger partial charge is 0.366 e. The fourth-order valence-corrected chi connectivity index (χ4v) is 3.86. The molecule has 2 heterocycles. The molecule has 1 unspecified atom stereocenters. The molecule has 0 radical (unpaired) electrons. The molecule has 0 aliphatic carbocycles. The van der Waals surface area contributed by atoms with Gasteiger partial charge >= 0.3 is 6.03 Å². The van der Waals surface area contributed by atoms with Crippen LogP contribution in [0.15, 0.2) is 24.3 Å². The first-order chi connectivity index (χ1) is 12.7. The van der Waals surface area contributed by atoms with E-state index in [1.807, 2.05) is 24.3 Å². The Morgan fingerprint density at radius 2 is 2.31 bits per heavy atom. The van der Waals surface area contributed by atoms with Crippen molar-refractivity contribution in [1.82, 2.24) is 15.2 Å². The number of urea groups is 1. The van der Waals surface area contributed by atoms with Crippen molar-refractivity contribution in [3.05, 3.63) is 24.3 Å². The van der Waals surface area contributed by atoms with E-state index < -0.39 is 0 Å². The fraction of sp³-hybridized carbons (Fsp3) is 0.474. The Kier molecular flexibility index (Phi) is 6.45. The van der Waals surface area contributed by atoms with Crippen LogP contribution in [-0.4, -0.2) is 48.5 Å². The topological polar surface area (TPSA) is 57.7 Å². The second-order valence-electron chi connectivity index (χ2n) is 6.14. The number of ether oxygens (including phenoxy) is 1. The molecule has 1 atom stereocenters. The lowest BCUT2D eigenvalue weighted by Gasteiger charge is -2.21. The summed E-state index contributed by atoms with van der Waals surface area (Å²) in [5.74, 6) is 2.60. The molecule has 2 aromatic rings. The van der Waals surface area contributed by atoms with Crippen LogP contribution in [0, 0.1) is 12.3 Å². The number of carbonyl (C=O) groups excluding carboxylic acids is 1. The number of amides is 2. The standard InChI is InChI=1S/C19H24N4O2S/c1-3-5-11-22-13-17(20-14-25-12-6-4-2)23(19(22)24)18-21-15-9-7-8-10-16(15)26-18/h1,7-10,17,20H,4-6,11-14H2,2H3. The molecule has 7 heteroatoms. The van der Waals surface area contributed by atoms with Crippen molar-refractivity contribution in [3.8, 4) is 12.3 Å². The third-order valence-corrected chi connectivity index (χ3v) is 5.30. The van der Waals surface area contributed by atoms with Gasteiger partial charge in [0.05, 0.1) is 23.5 Å². The van der Waals surface area contributed by atoms with Crippen molar-refractivity contribution < 1.29 is 9.53 Å². The number of hydrogen-bond acceptors (Lipinski definition) is 5. The normalized spacial score (nSPS) is 17.2. The van der Waals surface area contributed by atoms with Crippen molar-refractivity contribution in [2.75, 3.05) is 31.3 Å². The number of thiazole rings is 1. The van der Waals surface area contributed by atoms with E-state index in [2.05, 4.69) is 23.1 Å². The highest BCUT2D eigenvalue weighted by Crippen LogP contribution is 2.32. The number of para-hydroxylation sites is 1. The van der Waals surface area contributed by atoms with Gasteiger partial charge in [0.2, 0.25) is 0 Å². The molecule has 138 valence electrons. The number of anilines is 1. The Balaban J connectivity index is 1.75. The molecule has 0 saturated carbocycles. The highest BCUT2D eigenvalue weighted by molar-refractivity contribution is 7.22. The number of nitrogens with zero attached hydrogens (tertiary/aromatic N) is 3. The van der Waals surface area contributed by atoms with Gasteiger partial charge < -0.3 is 9.64 Å². The minimum Gasteiger partial charge on any atom is -0.366 e. The predicted molar refractivity (Wildman–Crippen MR) is 105 cm³/mol. The van der Waals surface area contributed by atoms with E-state index in [1.54, 1.807) is 9.80 Å². The van der Waals surface area contributed by atoms with Gasteiger partial charge in [-0.15, -0.1) is 12.3 Å². The van der Waals surface area contributed by atoms with E-state index in [9.17, 15) is 4.79 Å². The smallest absolute Gasteiger partial charge is 0.327 e. The first kappa shape index (κ1) is 18.6. The predicted octanol–water partition coefficient (Wildman–Crippen LogP) is 3.25. The summed E-state index contributed by atoms with van der Waals surface area (Å²) in [6.07, 6.45) is 7.85. The molecular weight excluding hydrogens is 348 g/mol. The maximum Gasteiger partial charge on any atom is 0.327 e. The molecule has 1 aromatic heterocycles. The Morgan fingerprint density at radius 3 is 3.08 bits per heavy atom. The third-order valence-electron chi connectivity index (χ3n) is 4.26. The Morgan fingerprint density at radius 1 is 1.46 bits per heavy atom. The molecule has 6 nitrogen and oxygen atoms in total. The SMILES string of the molecule is C#CCCN1CC(NCOCCCC)N(c2nc3ccccc3s2)C1=O. The van der Waals surface area contributed by atoms with E-state index in [0.717, 1.165) is 23.1 Å². The monoisotopic (exact) mass is 372 g/mol. The van der Waals surface area contributed by atoms with Crippen LogP contribution in [0.2, 0.25) is 0 Å². The Hall–Kier alpha value is -2.14. The molecule has 1 N–H and O–H groups in total. The number of unbranched alkanes of at least 4 members (excludes halogenated alkanes) is 1. The van der Waals surface area contributed by atoms with Crippen LogP contribution in [0.25, 0.3) is 10.2 Å². The third kappa shape index (κ3) is 4.15. The number of carbonyl (C=O) groups is 1. The van der Waals surface area contributed by atoms with Gasteiger partial charge in [-0.25, -0.2) is 9.78 Å². The fourth-order valence-electron chi connectivity index (χ4n) is 2.85. The van der Waals surface area contributed by atoms with Crippen molar-refractivity contribution in [2.45, 2.75) is 32.4 Å². The first-order valence-corrected chi connectivity index (χ1v) is 9.74. The molecule has 0 spiro atoms. The number of aromatic nitrogens is 1. The van der Waals surface area contributed by atoms with Crippen LogP contribution >= 0.6 is 11.3 Å². The van der Waals surface area contributed by atoms with E-state index in [-0.39, 0.29) is 12.2 Å². The number of rotatable bonds is 9. The molecule has 0 bridgehead atoms. The summed E-state index contributed by atoms with van der Waals surface area (Å²) in [5, 5.41) is 4.03. The molecular formula is C19H24N4O2S. The minimum atomic E-state index is -0.178. The average Bonchev–Trinajstić information content (AvgIpc) is 3.20. The van der Waals surface area contributed by atoms with Crippen LogP contribution in [-0.2, 0) is 4.74 Å². The first-order valence-electron chi connectivity index (χ1n) is 8.93. The summed E-state index contributed by atoms with van der Waals surface area (Å²) in [4.78, 5) is 21.0. The summed E-state index contributed by atoms with van der Waals surface area (Å²) in [6.45, 7) is 4.36. The van der Waals surface area contributed by atoms with Crippen molar-refractivity contribution in [1.29, 1.82) is 0 Å². The summed E-state index contributed by atoms with van der Waals surface area (Å²) in [6, 6.07) is 7.84. The summed E-state index contributed by atoms with van der Waals surface area (Å²) >= 11 is 1.52. The van der Waals surface area contributed by atoms with E-state index in [1.165, 1.54) is 11.3 Å². The number of benzene rings is 1. The highest BCUT2D eigenvalue weighted by atomic mass is 32.1. The molecule has 1 aliphatic rings. The highest BCUT2D eigenvalue weighted by Gasteiger charge is 2.39. The molecule has 1 aliphatic heterocycles. The van der Waals surface area contributed by atoms with Crippen molar-refractivity contribution in [2.24, 2.45) is 0 Å². The van der Waals surface area contributed by atoms with Gasteiger partial charge in [-0.2, -0.15) is 0 Å². The minimum absolute atomic E-state index is 0.0645. The molecule has 1 saturated heterocycles. The maximum absolute atomic E-state index is 12.9. The van der Waals surface area contributed by atoms with Crippen LogP contribution in [0.4, 0.5) is 9.93 Å². The maximum atomic E-state index is 12.9. The van der Waals surface area contributed by atoms with Crippen molar-refractivity contribution >= 4 is 32.7 Å². The van der Waals surface area contributed by atoms with Crippen LogP contribution < -0.4 is 10.2 Å². The van der Waals surface area contributed by atoms with E-state index in [4.69, 9.17) is 11.2 Å². The van der Waals surface area contributed by atoms with Gasteiger partial charge in [-0.05, 0) is 18.6 Å². The van der Waals surface area contributed by atoms with Crippen LogP contribution in [0.3, 0.4) is 0 Å². The number of terminal acetylenes is 1. The molecule has 2 amide bonds. The lowest BCUT2D eigenvalue weighted by atomic mass is 10.3. The van der Waals surface area contributed by atoms with Gasteiger partial charge in [0.15, 0.2) is 5.13 Å². The zero-order chi connectivity index (χ0) is 18.4. The Bertz CT molecular complexity index is 752. The van der Waals surface area contributed by atoms with Gasteiger partial charge in [-0.1, -0.05) is 36.8 Å². The quantitative estimate of drug-likeness (QED) is 0.417. The van der Waals surface area contributed by atoms with Crippen LogP contribution in [0.1, 0.15) is 26.2 Å². The lowest BCUT2D eigenvalue weighted by Crippen LogP contribution is -2.45. The number of fused-ring (bicyclic) bond motifs is 1. The molecule has 3 rings (SSSR count). The van der Waals surface area contributed by atoms with E-state index in [0.29, 0.717) is 38.0 Å². The Labute approximate surface area is 158 Å². The second-order valence-corrected chi connectivity index (χ2v) is 7.15. The second kappa shape index (κ2) is 8.99. The van der Waals surface area contributed by atoms with Crippen LogP contribution in [0.5, 0.6) is 0 Å². The van der Waals surface area contributed by atoms with Gasteiger partial charge in [0.1, 0.15) is 6.17 Å². The summed E-state index contributed by atoms with van der Waals surface area (Å²) in [7, 11) is 0. The van der Waals surface area contributed by atoms with Gasteiger partial charge in [0.25, 0.3) is 0 Å². The number of hydrogen-bond donors (Lipinski definition) is 1. The zero-order valence-corrected chi connectivity index (χ0v) is 15.8.